The van der Waals surface area contributed by atoms with E-state index >= 15 is 0 Å². The fourth-order valence-corrected chi connectivity index (χ4v) is 3.88. The number of ketones is 1. The van der Waals surface area contributed by atoms with Crippen LogP contribution in [0.3, 0.4) is 0 Å². The number of carboxylic acid groups (broad SMARTS) is 1. The molecular formula is C24H42N8O7. The Bertz CT molecular complexity index is 968. The summed E-state index contributed by atoms with van der Waals surface area (Å²) in [4.78, 5) is 59.3. The average Bonchev–Trinajstić information content (AvgIpc) is 3.31. The number of nitrogens with one attached hydrogen (secondary N) is 4. The van der Waals surface area contributed by atoms with Crippen molar-refractivity contribution < 1.29 is 34.2 Å². The van der Waals surface area contributed by atoms with E-state index in [1.54, 1.807) is 10.9 Å². The van der Waals surface area contributed by atoms with Crippen LogP contribution in [0, 0.1) is 0 Å². The maximum Gasteiger partial charge on any atom is 0.305 e. The van der Waals surface area contributed by atoms with Crippen molar-refractivity contribution in [3.05, 3.63) is 11.9 Å². The third-order valence-electron chi connectivity index (χ3n) is 6.11. The van der Waals surface area contributed by atoms with E-state index in [2.05, 4.69) is 31.6 Å². The van der Waals surface area contributed by atoms with Crippen LogP contribution in [0.4, 0.5) is 0 Å². The second kappa shape index (κ2) is 17.2. The number of unbranched alkanes of at least 4 members (excludes halogenated alkanes) is 1. The highest BCUT2D eigenvalue weighted by Gasteiger charge is 2.27. The number of hydrogen-bond acceptors (Lipinski definition) is 10. The molecule has 0 unspecified atom stereocenters. The third kappa shape index (κ3) is 12.3. The number of hydrogen-bond donors (Lipinski definition) is 7. The quantitative estimate of drug-likeness (QED) is 0.0858. The van der Waals surface area contributed by atoms with Crippen molar-refractivity contribution >= 4 is 29.5 Å². The zero-order chi connectivity index (χ0) is 29.5. The number of aromatic nitrogens is 3. The predicted molar refractivity (Wildman–Crippen MR) is 140 cm³/mol. The van der Waals surface area contributed by atoms with E-state index in [9.17, 15) is 29.1 Å². The number of carboxylic acids is 1. The molecule has 3 amide bonds. The molecule has 0 aliphatic heterocycles. The Hall–Kier alpha value is -3.43. The molecule has 15 nitrogen and oxygen atoms in total. The second-order valence-electron chi connectivity index (χ2n) is 9.36. The minimum atomic E-state index is -1.17. The number of aliphatic carboxylic acids is 1. The summed E-state index contributed by atoms with van der Waals surface area (Å²) in [5.74, 6) is -3.18. The lowest BCUT2D eigenvalue weighted by molar-refractivity contribution is -0.140. The molecule has 1 aromatic heterocycles. The molecule has 5 atom stereocenters. The van der Waals surface area contributed by atoms with Crippen LogP contribution in [0.2, 0.25) is 0 Å². The number of nitrogens with two attached hydrogens (primary N) is 1. The molecule has 8 N–H and O–H groups in total. The van der Waals surface area contributed by atoms with E-state index in [1.165, 1.54) is 20.9 Å². The van der Waals surface area contributed by atoms with E-state index in [4.69, 9.17) is 10.8 Å². The van der Waals surface area contributed by atoms with Gasteiger partial charge >= 0.3 is 5.97 Å². The Morgan fingerprint density at radius 1 is 1.05 bits per heavy atom. The predicted octanol–water partition coefficient (Wildman–Crippen LogP) is -2.15. The fraction of sp³-hybridized carbons (Fsp3) is 0.708. The van der Waals surface area contributed by atoms with Crippen molar-refractivity contribution in [2.24, 2.45) is 5.73 Å². The number of Topliss-reactive ketones (excluding diaryl/α,β-unsaturated/α-hetero) is 1. The van der Waals surface area contributed by atoms with Crippen molar-refractivity contribution in [3.8, 4) is 0 Å². The zero-order valence-corrected chi connectivity index (χ0v) is 23.0. The molecule has 0 saturated carbocycles. The van der Waals surface area contributed by atoms with Crippen LogP contribution in [-0.2, 0) is 36.9 Å². The van der Waals surface area contributed by atoms with Crippen LogP contribution < -0.4 is 27.0 Å². The Labute approximate surface area is 227 Å². The van der Waals surface area contributed by atoms with Gasteiger partial charge < -0.3 is 37.2 Å². The largest absolute Gasteiger partial charge is 0.481 e. The van der Waals surface area contributed by atoms with Crippen LogP contribution in [0.5, 0.6) is 0 Å². The summed E-state index contributed by atoms with van der Waals surface area (Å²) < 4.78 is 1.65. The summed E-state index contributed by atoms with van der Waals surface area (Å²) in [6.45, 7) is 5.66. The van der Waals surface area contributed by atoms with Gasteiger partial charge in [-0.15, -0.1) is 5.10 Å². The lowest BCUT2D eigenvalue weighted by Crippen LogP contribution is -2.55. The van der Waals surface area contributed by atoms with Gasteiger partial charge in [0, 0.05) is 12.7 Å². The van der Waals surface area contributed by atoms with Crippen molar-refractivity contribution in [1.29, 1.82) is 0 Å². The molecule has 220 valence electrons. The van der Waals surface area contributed by atoms with E-state index in [0.717, 1.165) is 0 Å². The first kappa shape index (κ1) is 33.6. The van der Waals surface area contributed by atoms with Gasteiger partial charge in [0.25, 0.3) is 0 Å². The Balaban J connectivity index is 2.57. The molecule has 0 radical (unpaired) electrons. The van der Waals surface area contributed by atoms with E-state index in [1.807, 2.05) is 6.92 Å². The van der Waals surface area contributed by atoms with Crippen LogP contribution in [0.1, 0.15) is 58.6 Å². The number of amides is 3. The molecule has 39 heavy (non-hydrogen) atoms. The standard InChI is InChI=1S/C24H42N8O7/c1-5-27-18(23(38)29-21(15(3)34)22(25)37)8-6-7-11-32-13-16(30-31-32)9-10-17(14(2)33)28-24(39)19(26-4)12-20(35)36/h13,15,17-19,21,26-27,34H,5-12H2,1-4H3,(H2,25,37)(H,28,39)(H,29,38)(H,35,36)/t15-,17+,18+,19+,21+/m1/s1. The molecule has 1 aromatic rings. The van der Waals surface area contributed by atoms with Gasteiger partial charge in [0.15, 0.2) is 5.78 Å². The number of carbonyl (C=O) groups excluding carboxylic acids is 4. The minimum Gasteiger partial charge on any atom is -0.481 e. The summed E-state index contributed by atoms with van der Waals surface area (Å²) in [5.41, 5.74) is 5.88. The van der Waals surface area contributed by atoms with Crippen molar-refractivity contribution in [3.63, 3.8) is 0 Å². The normalized spacial score (nSPS) is 15.0. The zero-order valence-electron chi connectivity index (χ0n) is 23.0. The summed E-state index contributed by atoms with van der Waals surface area (Å²) in [7, 11) is 1.47. The van der Waals surface area contributed by atoms with Crippen LogP contribution in [0.25, 0.3) is 0 Å². The highest BCUT2D eigenvalue weighted by Crippen LogP contribution is 2.08. The number of rotatable bonds is 20. The Morgan fingerprint density at radius 2 is 1.72 bits per heavy atom. The molecule has 0 aliphatic rings. The molecular weight excluding hydrogens is 512 g/mol. The van der Waals surface area contributed by atoms with E-state index in [-0.39, 0.29) is 12.2 Å². The van der Waals surface area contributed by atoms with Crippen molar-refractivity contribution in [2.75, 3.05) is 13.6 Å². The van der Waals surface area contributed by atoms with Crippen molar-refractivity contribution in [1.82, 2.24) is 36.3 Å². The molecule has 15 heteroatoms. The van der Waals surface area contributed by atoms with Gasteiger partial charge in [0.05, 0.1) is 36.3 Å². The topological polar surface area (TPSA) is 231 Å². The van der Waals surface area contributed by atoms with Gasteiger partial charge in [0.2, 0.25) is 17.7 Å². The summed E-state index contributed by atoms with van der Waals surface area (Å²) in [6.07, 6.45) is 2.72. The molecule has 0 spiro atoms. The Morgan fingerprint density at radius 3 is 2.26 bits per heavy atom. The van der Waals surface area contributed by atoms with E-state index in [0.29, 0.717) is 44.5 Å². The maximum absolute atomic E-state index is 12.6. The smallest absolute Gasteiger partial charge is 0.305 e. The summed E-state index contributed by atoms with van der Waals surface area (Å²) in [5, 5.41) is 37.6. The fourth-order valence-electron chi connectivity index (χ4n) is 3.88. The van der Waals surface area contributed by atoms with Gasteiger partial charge in [-0.1, -0.05) is 12.1 Å². The molecule has 0 aromatic carbocycles. The first-order chi connectivity index (χ1) is 18.4. The summed E-state index contributed by atoms with van der Waals surface area (Å²) >= 11 is 0. The molecule has 1 heterocycles. The SMILES string of the molecule is CCN[C@@H](CCCCn1cc(CC[C@H](NC(=O)[C@H](CC(=O)O)NC)C(C)=O)nn1)C(=O)N[C@H](C(N)=O)[C@@H](C)O. The number of likely N-dealkylation sites (N-methyl/N-ethyl adjacent to an activating group) is 2. The highest BCUT2D eigenvalue weighted by atomic mass is 16.4. The molecule has 0 aliphatic carbocycles. The number of primary amides is 1. The number of aliphatic hydroxyl groups excluding tert-OH is 1. The van der Waals surface area contributed by atoms with Gasteiger partial charge in [0.1, 0.15) is 6.04 Å². The molecule has 0 fully saturated rings. The lowest BCUT2D eigenvalue weighted by atomic mass is 10.1. The second-order valence-corrected chi connectivity index (χ2v) is 9.36. The molecule has 0 bridgehead atoms. The average molecular weight is 555 g/mol. The first-order valence-electron chi connectivity index (χ1n) is 13.0. The first-order valence-corrected chi connectivity index (χ1v) is 13.0. The van der Waals surface area contributed by atoms with Gasteiger partial charge in [-0.25, -0.2) is 0 Å². The highest BCUT2D eigenvalue weighted by molar-refractivity contribution is 5.91. The van der Waals surface area contributed by atoms with Crippen LogP contribution >= 0.6 is 0 Å². The summed E-state index contributed by atoms with van der Waals surface area (Å²) in [6, 6.07) is -3.47. The molecule has 0 saturated heterocycles. The van der Waals surface area contributed by atoms with Crippen LogP contribution in [0.15, 0.2) is 6.20 Å². The lowest BCUT2D eigenvalue weighted by Gasteiger charge is -2.23. The van der Waals surface area contributed by atoms with Crippen molar-refractivity contribution in [2.45, 2.75) is 96.1 Å². The minimum absolute atomic E-state index is 0.254. The number of nitrogens with zero attached hydrogens (tertiary/aromatic N) is 3. The monoisotopic (exact) mass is 554 g/mol. The number of aliphatic hydroxyl groups is 1. The van der Waals surface area contributed by atoms with E-state index < -0.39 is 60.4 Å². The Kier molecular flexibility index (Phi) is 14.8. The van der Waals surface area contributed by atoms with Gasteiger partial charge in [-0.05, 0) is 59.5 Å². The van der Waals surface area contributed by atoms with Gasteiger partial charge in [-0.3, -0.25) is 28.7 Å². The third-order valence-corrected chi connectivity index (χ3v) is 6.11. The number of aryl methyl sites for hydroxylation is 2. The number of carbonyl (C=O) groups is 5. The molecule has 1 rings (SSSR count). The van der Waals surface area contributed by atoms with Gasteiger partial charge in [-0.2, -0.15) is 0 Å². The maximum atomic E-state index is 12.6. The van der Waals surface area contributed by atoms with Crippen LogP contribution in [-0.4, -0.2) is 98.5 Å².